The van der Waals surface area contributed by atoms with Gasteiger partial charge in [0.1, 0.15) is 5.82 Å². The van der Waals surface area contributed by atoms with E-state index in [0.29, 0.717) is 0 Å². The molecule has 3 nitrogen and oxygen atoms in total. The lowest BCUT2D eigenvalue weighted by molar-refractivity contribution is 0.709. The van der Waals surface area contributed by atoms with Gasteiger partial charge in [-0.3, -0.25) is 0 Å². The lowest BCUT2D eigenvalue weighted by Gasteiger charge is -1.97. The van der Waals surface area contributed by atoms with Crippen LogP contribution in [0, 0.1) is 0 Å². The van der Waals surface area contributed by atoms with Gasteiger partial charge in [-0.2, -0.15) is 0 Å². The summed E-state index contributed by atoms with van der Waals surface area (Å²) >= 11 is 0. The predicted molar refractivity (Wildman–Crippen MR) is 50.5 cm³/mol. The normalized spacial score (nSPS) is 8.18. The number of rotatable bonds is 2. The Morgan fingerprint density at radius 2 is 2.18 bits per heavy atom. The molecule has 0 aromatic carbocycles. The highest BCUT2D eigenvalue weighted by Crippen LogP contribution is 1.90. The van der Waals surface area contributed by atoms with Gasteiger partial charge in [-0.1, -0.05) is 0 Å². The minimum absolute atomic E-state index is 0. The van der Waals surface area contributed by atoms with E-state index in [1.54, 1.807) is 6.20 Å². The van der Waals surface area contributed by atoms with Crippen LogP contribution >= 0.6 is 24.8 Å². The number of nitrogens with zero attached hydrogens (tertiary/aromatic N) is 2. The standard InChI is InChI=1S/C6H11N3.2ClH/c1-7-5-6-8-3-4-9(6)2;;/h3-4,7H,5H2,1-2H3;2*1H. The van der Waals surface area contributed by atoms with Crippen LogP contribution in [0.3, 0.4) is 0 Å². The molecule has 66 valence electrons. The zero-order valence-electron chi connectivity index (χ0n) is 6.57. The van der Waals surface area contributed by atoms with Crippen LogP contribution in [0.15, 0.2) is 12.4 Å². The summed E-state index contributed by atoms with van der Waals surface area (Å²) in [5.74, 6) is 1.07. The Labute approximate surface area is 79.0 Å². The highest BCUT2D eigenvalue weighted by atomic mass is 35.5. The third-order valence-corrected chi connectivity index (χ3v) is 1.26. The zero-order valence-corrected chi connectivity index (χ0v) is 8.21. The summed E-state index contributed by atoms with van der Waals surface area (Å²) in [6.07, 6.45) is 3.74. The van der Waals surface area contributed by atoms with Gasteiger partial charge in [-0.05, 0) is 7.05 Å². The highest BCUT2D eigenvalue weighted by Gasteiger charge is 1.93. The first-order valence-electron chi connectivity index (χ1n) is 2.95. The van der Waals surface area contributed by atoms with Crippen molar-refractivity contribution >= 4 is 24.8 Å². The fourth-order valence-corrected chi connectivity index (χ4v) is 0.725. The Balaban J connectivity index is 0. The molecule has 0 aliphatic carbocycles. The topological polar surface area (TPSA) is 29.9 Å². The van der Waals surface area contributed by atoms with Crippen LogP contribution in [0.5, 0.6) is 0 Å². The maximum atomic E-state index is 4.11. The van der Waals surface area contributed by atoms with Gasteiger partial charge in [-0.25, -0.2) is 4.98 Å². The van der Waals surface area contributed by atoms with Gasteiger partial charge < -0.3 is 9.88 Å². The molecule has 5 heteroatoms. The molecule has 11 heavy (non-hydrogen) atoms. The summed E-state index contributed by atoms with van der Waals surface area (Å²) in [5.41, 5.74) is 0. The largest absolute Gasteiger partial charge is 0.337 e. The number of aromatic nitrogens is 2. The van der Waals surface area contributed by atoms with Gasteiger partial charge in [0.2, 0.25) is 0 Å². The van der Waals surface area contributed by atoms with Gasteiger partial charge in [-0.15, -0.1) is 24.8 Å². The minimum atomic E-state index is 0. The van der Waals surface area contributed by atoms with Gasteiger partial charge in [0, 0.05) is 19.4 Å². The Bertz CT molecular complexity index is 188. The quantitative estimate of drug-likeness (QED) is 0.767. The van der Waals surface area contributed by atoms with Gasteiger partial charge in [0.05, 0.1) is 6.54 Å². The van der Waals surface area contributed by atoms with Crippen molar-refractivity contribution in [3.8, 4) is 0 Å². The maximum absolute atomic E-state index is 4.11. The van der Waals surface area contributed by atoms with Crippen molar-refractivity contribution in [1.82, 2.24) is 14.9 Å². The second-order valence-electron chi connectivity index (χ2n) is 1.98. The molecule has 1 rings (SSSR count). The van der Waals surface area contributed by atoms with Crippen molar-refractivity contribution in [3.63, 3.8) is 0 Å². The molecule has 0 saturated carbocycles. The van der Waals surface area contributed by atoms with E-state index < -0.39 is 0 Å². The van der Waals surface area contributed by atoms with Crippen LogP contribution in [0.4, 0.5) is 0 Å². The summed E-state index contributed by atoms with van der Waals surface area (Å²) in [4.78, 5) is 4.11. The Kier molecular flexibility index (Phi) is 7.84. The average Bonchev–Trinajstić information content (AvgIpc) is 2.18. The molecule has 0 unspecified atom stereocenters. The molecule has 0 atom stereocenters. The summed E-state index contributed by atoms with van der Waals surface area (Å²) in [6.45, 7) is 0.837. The molecular formula is C6H13Cl2N3. The van der Waals surface area contributed by atoms with Crippen molar-refractivity contribution in [2.45, 2.75) is 6.54 Å². The van der Waals surface area contributed by atoms with Gasteiger partial charge >= 0.3 is 0 Å². The lowest BCUT2D eigenvalue weighted by atomic mass is 10.6. The SMILES string of the molecule is CNCc1nccn1C.Cl.Cl. The highest BCUT2D eigenvalue weighted by molar-refractivity contribution is 5.85. The Hall–Kier alpha value is -0.250. The third-order valence-electron chi connectivity index (χ3n) is 1.26. The van der Waals surface area contributed by atoms with Crippen molar-refractivity contribution in [3.05, 3.63) is 18.2 Å². The van der Waals surface area contributed by atoms with Crippen molar-refractivity contribution in [2.75, 3.05) is 7.05 Å². The van der Waals surface area contributed by atoms with Crippen LogP contribution < -0.4 is 5.32 Å². The molecule has 0 radical (unpaired) electrons. The average molecular weight is 198 g/mol. The fourth-order valence-electron chi connectivity index (χ4n) is 0.725. The maximum Gasteiger partial charge on any atom is 0.122 e. The number of halogens is 2. The van der Waals surface area contributed by atoms with Crippen molar-refractivity contribution in [2.24, 2.45) is 7.05 Å². The molecule has 0 bridgehead atoms. The molecule has 0 aliphatic rings. The van der Waals surface area contributed by atoms with Crippen LogP contribution in [0.25, 0.3) is 0 Å². The van der Waals surface area contributed by atoms with E-state index in [1.165, 1.54) is 0 Å². The molecule has 1 heterocycles. The molecule has 0 spiro atoms. The summed E-state index contributed by atoms with van der Waals surface area (Å²) < 4.78 is 2.00. The molecule has 0 aliphatic heterocycles. The molecule has 1 aromatic heterocycles. The van der Waals surface area contributed by atoms with Gasteiger partial charge in [0.15, 0.2) is 0 Å². The van der Waals surface area contributed by atoms with Crippen LogP contribution in [0.1, 0.15) is 5.82 Å². The van der Waals surface area contributed by atoms with Crippen LogP contribution in [-0.4, -0.2) is 16.6 Å². The fraction of sp³-hybridized carbons (Fsp3) is 0.500. The zero-order chi connectivity index (χ0) is 6.69. The number of imidazole rings is 1. The first-order valence-corrected chi connectivity index (χ1v) is 2.95. The van der Waals surface area contributed by atoms with E-state index in [0.717, 1.165) is 12.4 Å². The monoisotopic (exact) mass is 197 g/mol. The first-order chi connectivity index (χ1) is 4.34. The van der Waals surface area contributed by atoms with E-state index in [2.05, 4.69) is 10.3 Å². The van der Waals surface area contributed by atoms with E-state index >= 15 is 0 Å². The number of aryl methyl sites for hydroxylation is 1. The Morgan fingerprint density at radius 1 is 1.55 bits per heavy atom. The van der Waals surface area contributed by atoms with Crippen LogP contribution in [-0.2, 0) is 13.6 Å². The Morgan fingerprint density at radius 3 is 2.55 bits per heavy atom. The van der Waals surface area contributed by atoms with E-state index in [-0.39, 0.29) is 24.8 Å². The third kappa shape index (κ3) is 3.60. The second kappa shape index (κ2) is 6.46. The molecule has 0 saturated heterocycles. The molecular weight excluding hydrogens is 185 g/mol. The van der Waals surface area contributed by atoms with E-state index in [1.807, 2.05) is 24.9 Å². The van der Waals surface area contributed by atoms with E-state index in [9.17, 15) is 0 Å². The molecule has 1 N–H and O–H groups in total. The molecule has 1 aromatic rings. The molecule has 0 amide bonds. The first kappa shape index (κ1) is 13.3. The number of hydrogen-bond donors (Lipinski definition) is 1. The number of hydrogen-bond acceptors (Lipinski definition) is 2. The minimum Gasteiger partial charge on any atom is -0.337 e. The van der Waals surface area contributed by atoms with Gasteiger partial charge in [0.25, 0.3) is 0 Å². The predicted octanol–water partition coefficient (Wildman–Crippen LogP) is 0.983. The second-order valence-corrected chi connectivity index (χ2v) is 1.98. The smallest absolute Gasteiger partial charge is 0.122 e. The van der Waals surface area contributed by atoms with Crippen molar-refractivity contribution in [1.29, 1.82) is 0 Å². The summed E-state index contributed by atoms with van der Waals surface area (Å²) in [7, 11) is 3.90. The number of nitrogens with one attached hydrogen (secondary N) is 1. The van der Waals surface area contributed by atoms with Crippen molar-refractivity contribution < 1.29 is 0 Å². The summed E-state index contributed by atoms with van der Waals surface area (Å²) in [5, 5.41) is 3.03. The molecule has 0 fully saturated rings. The van der Waals surface area contributed by atoms with Crippen LogP contribution in [0.2, 0.25) is 0 Å². The summed E-state index contributed by atoms with van der Waals surface area (Å²) in [6, 6.07) is 0. The lowest BCUT2D eigenvalue weighted by Crippen LogP contribution is -2.09. The van der Waals surface area contributed by atoms with E-state index in [4.69, 9.17) is 0 Å².